The predicted octanol–water partition coefficient (Wildman–Crippen LogP) is 1.34. The first-order chi connectivity index (χ1) is 5.07. The van der Waals surface area contributed by atoms with Crippen molar-refractivity contribution in [2.45, 2.75) is 0 Å². The molecule has 0 aliphatic heterocycles. The van der Waals surface area contributed by atoms with Gasteiger partial charge in [0.05, 0.1) is 0 Å². The molecule has 0 N–H and O–H groups in total. The topological polar surface area (TPSA) is 26.3 Å². The second-order valence-corrected chi connectivity index (χ2v) is 3.14. The zero-order valence-electron chi connectivity index (χ0n) is 5.87. The number of allylic oxidation sites excluding steroid dienone is 2. The summed E-state index contributed by atoms with van der Waals surface area (Å²) in [5.41, 5.74) is 0. The summed E-state index contributed by atoms with van der Waals surface area (Å²) in [5, 5.41) is 0. The monoisotopic (exact) mass is 260 g/mol. The van der Waals surface area contributed by atoms with E-state index in [2.05, 4.69) is 42.3 Å². The zero-order valence-corrected chi connectivity index (χ0v) is 8.45. The van der Waals surface area contributed by atoms with E-state index in [4.69, 9.17) is 0 Å². The molecule has 0 saturated carbocycles. The maximum atomic E-state index is 10.7. The molecule has 0 spiro atoms. The predicted molar refractivity (Wildman–Crippen MR) is 44.2 cm³/mol. The Morgan fingerprint density at radius 3 is 2.55 bits per heavy atom. The second kappa shape index (κ2) is 5.44. The Kier molecular flexibility index (Phi) is 5.34. The Bertz CT molecular complexity index is 220. The van der Waals surface area contributed by atoms with E-state index in [1.54, 1.807) is 6.08 Å². The first kappa shape index (κ1) is 10.8. The van der Waals surface area contributed by atoms with Crippen LogP contribution in [0.1, 0.15) is 0 Å². The van der Waals surface area contributed by atoms with Crippen LogP contribution in [-0.4, -0.2) is 17.6 Å². The summed E-state index contributed by atoms with van der Waals surface area (Å²) in [6.07, 6.45) is 3.07. The van der Waals surface area contributed by atoms with E-state index >= 15 is 0 Å². The minimum atomic E-state index is -0.491. The first-order valence-corrected chi connectivity index (χ1v) is 3.96. The number of methoxy groups -OCH3 is 1. The molecule has 11 heavy (non-hydrogen) atoms. The summed E-state index contributed by atoms with van der Waals surface area (Å²) < 4.78 is 5.22. The SMILES string of the molecule is C=C(Br)/C=C\[C](=[Ni])C(=O)OC. The number of carbonyl (C=O) groups is 1. The molecule has 0 aliphatic rings. The van der Waals surface area contributed by atoms with Crippen LogP contribution >= 0.6 is 15.9 Å². The van der Waals surface area contributed by atoms with E-state index in [1.165, 1.54) is 13.2 Å². The van der Waals surface area contributed by atoms with Gasteiger partial charge in [-0.2, -0.15) is 0 Å². The third-order valence-corrected chi connectivity index (χ3v) is 1.40. The molecule has 0 bridgehead atoms. The van der Waals surface area contributed by atoms with Crippen LogP contribution in [-0.2, 0) is 24.6 Å². The molecule has 0 atom stereocenters. The Morgan fingerprint density at radius 1 is 1.64 bits per heavy atom. The average Bonchev–Trinajstić information content (AvgIpc) is 1.98. The summed E-state index contributed by atoms with van der Waals surface area (Å²) in [6.45, 7) is 3.53. The van der Waals surface area contributed by atoms with Gasteiger partial charge in [-0.15, -0.1) is 0 Å². The van der Waals surface area contributed by atoms with Crippen molar-refractivity contribution >= 4 is 26.4 Å². The van der Waals surface area contributed by atoms with Gasteiger partial charge in [0.1, 0.15) is 0 Å². The number of ether oxygens (including phenoxy) is 1. The van der Waals surface area contributed by atoms with Gasteiger partial charge in [-0.05, 0) is 0 Å². The fourth-order valence-corrected chi connectivity index (χ4v) is 0.633. The molecule has 0 aliphatic carbocycles. The van der Waals surface area contributed by atoms with E-state index in [0.717, 1.165) is 0 Å². The fourth-order valence-electron chi connectivity index (χ4n) is 0.318. The quantitative estimate of drug-likeness (QED) is 0.435. The number of esters is 1. The first-order valence-electron chi connectivity index (χ1n) is 2.68. The molecular formula is C7H7BrNiO2. The standard InChI is InChI=1S/C7H7BrO2.Ni/c1-6(8)4-3-5-7(9)10-2;/h3-4H,1H2,2H3;/b4-3-;. The second-order valence-electron chi connectivity index (χ2n) is 1.59. The van der Waals surface area contributed by atoms with E-state index in [-0.39, 0.29) is 4.49 Å². The van der Waals surface area contributed by atoms with Gasteiger partial charge in [-0.3, -0.25) is 0 Å². The van der Waals surface area contributed by atoms with Crippen LogP contribution in [0.4, 0.5) is 0 Å². The molecule has 2 nitrogen and oxygen atoms in total. The average molecular weight is 262 g/mol. The molecule has 0 heterocycles. The molecule has 4 heteroatoms. The summed E-state index contributed by atoms with van der Waals surface area (Å²) in [7, 11) is 1.29. The van der Waals surface area contributed by atoms with Crippen molar-refractivity contribution in [2.24, 2.45) is 0 Å². The van der Waals surface area contributed by atoms with Crippen molar-refractivity contribution in [1.29, 1.82) is 0 Å². The molecule has 0 saturated heterocycles. The van der Waals surface area contributed by atoms with Gasteiger partial charge in [0.25, 0.3) is 0 Å². The Hall–Kier alpha value is -0.206. The summed E-state index contributed by atoms with van der Waals surface area (Å²) in [6, 6.07) is 0. The van der Waals surface area contributed by atoms with E-state index in [1.807, 2.05) is 0 Å². The van der Waals surface area contributed by atoms with Crippen LogP contribution in [0.5, 0.6) is 0 Å². The van der Waals surface area contributed by atoms with Gasteiger partial charge in [0.2, 0.25) is 0 Å². The molecule has 0 amide bonds. The molecule has 0 fully saturated rings. The van der Waals surface area contributed by atoms with Crippen molar-refractivity contribution in [3.63, 3.8) is 0 Å². The molecule has 0 aromatic rings. The molecule has 0 radical (unpaired) electrons. The van der Waals surface area contributed by atoms with Crippen molar-refractivity contribution in [2.75, 3.05) is 7.11 Å². The van der Waals surface area contributed by atoms with Gasteiger partial charge in [-0.25, -0.2) is 0 Å². The fraction of sp³-hybridized carbons (Fsp3) is 0.143. The molecule has 0 rings (SSSR count). The molecule has 64 valence electrons. The number of rotatable bonds is 3. The Morgan fingerprint density at radius 2 is 2.18 bits per heavy atom. The maximum absolute atomic E-state index is 10.7. The van der Waals surface area contributed by atoms with Gasteiger partial charge >= 0.3 is 81.3 Å². The van der Waals surface area contributed by atoms with Crippen molar-refractivity contribution in [1.82, 2.24) is 0 Å². The van der Waals surface area contributed by atoms with Crippen molar-refractivity contribution in [3.05, 3.63) is 23.2 Å². The minimum absolute atomic E-state index is 0.174. The van der Waals surface area contributed by atoms with Crippen LogP contribution in [0.2, 0.25) is 0 Å². The van der Waals surface area contributed by atoms with Crippen molar-refractivity contribution < 1.29 is 24.6 Å². The van der Waals surface area contributed by atoms with Crippen LogP contribution in [0, 0.1) is 0 Å². The number of hydrogen-bond donors (Lipinski definition) is 0. The Balaban J connectivity index is 4.08. The number of carbonyl (C=O) groups excluding carboxylic acids is 1. The molecule has 0 unspecified atom stereocenters. The normalized spacial score (nSPS) is 9.82. The molecule has 0 aromatic heterocycles. The third kappa shape index (κ3) is 5.11. The third-order valence-electron chi connectivity index (χ3n) is 0.768. The number of hydrogen-bond acceptors (Lipinski definition) is 2. The van der Waals surface area contributed by atoms with Crippen LogP contribution in [0.15, 0.2) is 23.2 Å². The Labute approximate surface area is 81.3 Å². The van der Waals surface area contributed by atoms with Gasteiger partial charge in [0, 0.05) is 0 Å². The zero-order chi connectivity index (χ0) is 8.85. The van der Waals surface area contributed by atoms with Crippen LogP contribution < -0.4 is 0 Å². The molecular weight excluding hydrogens is 255 g/mol. The summed E-state index contributed by atoms with van der Waals surface area (Å²) in [5.74, 6) is -0.491. The van der Waals surface area contributed by atoms with Crippen LogP contribution in [0.3, 0.4) is 0 Å². The van der Waals surface area contributed by atoms with Gasteiger partial charge in [-0.1, -0.05) is 0 Å². The van der Waals surface area contributed by atoms with Gasteiger partial charge < -0.3 is 0 Å². The number of halogens is 1. The van der Waals surface area contributed by atoms with E-state index in [0.29, 0.717) is 4.48 Å². The van der Waals surface area contributed by atoms with Gasteiger partial charge in [0.15, 0.2) is 0 Å². The van der Waals surface area contributed by atoms with E-state index < -0.39 is 5.97 Å². The molecule has 0 aromatic carbocycles. The van der Waals surface area contributed by atoms with E-state index in [9.17, 15) is 4.79 Å². The summed E-state index contributed by atoms with van der Waals surface area (Å²) >= 11 is 7.46. The summed E-state index contributed by atoms with van der Waals surface area (Å²) in [4.78, 5) is 10.7. The van der Waals surface area contributed by atoms with Crippen LogP contribution in [0.25, 0.3) is 0 Å². The van der Waals surface area contributed by atoms with Crippen molar-refractivity contribution in [3.8, 4) is 0 Å².